The highest BCUT2D eigenvalue weighted by atomic mass is 35.5. The van der Waals surface area contributed by atoms with Crippen molar-refractivity contribution in [1.82, 2.24) is 4.90 Å². The Hall–Kier alpha value is -1.91. The maximum atomic E-state index is 13.1. The van der Waals surface area contributed by atoms with Crippen molar-refractivity contribution in [3.63, 3.8) is 0 Å². The summed E-state index contributed by atoms with van der Waals surface area (Å²) in [4.78, 5) is 13.7. The van der Waals surface area contributed by atoms with Gasteiger partial charge in [0.15, 0.2) is 0 Å². The summed E-state index contributed by atoms with van der Waals surface area (Å²) in [5, 5.41) is 9.48. The zero-order valence-electron chi connectivity index (χ0n) is 12.6. The second-order valence-electron chi connectivity index (χ2n) is 5.78. The molecule has 3 nitrogen and oxygen atoms in total. The highest BCUT2D eigenvalue weighted by Gasteiger charge is 2.38. The standard InChI is InChI=1S/C18H18FNO2.ClH/c19-15-8-6-14(7-9-15)16-11-20(12-17(16)18(21)22)10-13-4-2-1-3-5-13;/h1-9,16-17H,10-12H2,(H,21,22);1H. The van der Waals surface area contributed by atoms with Crippen LogP contribution in [0.4, 0.5) is 4.39 Å². The second kappa shape index (κ2) is 7.57. The van der Waals surface area contributed by atoms with Crippen molar-refractivity contribution < 1.29 is 14.3 Å². The van der Waals surface area contributed by atoms with Crippen LogP contribution in [0.15, 0.2) is 54.6 Å². The van der Waals surface area contributed by atoms with Crippen LogP contribution in [0.3, 0.4) is 0 Å². The molecular weight excluding hydrogens is 317 g/mol. The fourth-order valence-electron chi connectivity index (χ4n) is 3.15. The van der Waals surface area contributed by atoms with Gasteiger partial charge in [-0.1, -0.05) is 42.5 Å². The molecule has 1 saturated heterocycles. The Kier molecular flexibility index (Phi) is 5.74. The Morgan fingerprint density at radius 2 is 1.74 bits per heavy atom. The van der Waals surface area contributed by atoms with Gasteiger partial charge < -0.3 is 5.11 Å². The molecule has 0 spiro atoms. The van der Waals surface area contributed by atoms with Crippen molar-refractivity contribution in [3.05, 3.63) is 71.5 Å². The molecule has 0 amide bonds. The zero-order chi connectivity index (χ0) is 15.5. The summed E-state index contributed by atoms with van der Waals surface area (Å²) >= 11 is 0. The van der Waals surface area contributed by atoms with Crippen LogP contribution < -0.4 is 0 Å². The van der Waals surface area contributed by atoms with Gasteiger partial charge in [-0.2, -0.15) is 0 Å². The van der Waals surface area contributed by atoms with Gasteiger partial charge in [-0.05, 0) is 23.3 Å². The van der Waals surface area contributed by atoms with Gasteiger partial charge in [-0.25, -0.2) is 4.39 Å². The third kappa shape index (κ3) is 4.09. The summed E-state index contributed by atoms with van der Waals surface area (Å²) in [5.41, 5.74) is 2.07. The molecule has 0 bridgehead atoms. The maximum absolute atomic E-state index is 13.1. The first-order valence-electron chi connectivity index (χ1n) is 7.38. The number of nitrogens with zero attached hydrogens (tertiary/aromatic N) is 1. The van der Waals surface area contributed by atoms with Crippen molar-refractivity contribution in [2.24, 2.45) is 5.92 Å². The molecule has 0 radical (unpaired) electrons. The number of carbonyl (C=O) groups is 1. The number of halogens is 2. The van der Waals surface area contributed by atoms with E-state index < -0.39 is 11.9 Å². The number of aliphatic carboxylic acids is 1. The van der Waals surface area contributed by atoms with E-state index in [0.717, 1.165) is 12.1 Å². The molecule has 2 unspecified atom stereocenters. The lowest BCUT2D eigenvalue weighted by atomic mass is 9.89. The Morgan fingerprint density at radius 3 is 2.35 bits per heavy atom. The molecule has 3 rings (SSSR count). The van der Waals surface area contributed by atoms with Crippen molar-refractivity contribution in [2.45, 2.75) is 12.5 Å². The summed E-state index contributed by atoms with van der Waals surface area (Å²) in [6, 6.07) is 16.2. The van der Waals surface area contributed by atoms with Crippen LogP contribution >= 0.6 is 12.4 Å². The maximum Gasteiger partial charge on any atom is 0.308 e. The van der Waals surface area contributed by atoms with Gasteiger partial charge in [0.2, 0.25) is 0 Å². The van der Waals surface area contributed by atoms with Gasteiger partial charge in [0, 0.05) is 25.6 Å². The minimum Gasteiger partial charge on any atom is -0.481 e. The number of likely N-dealkylation sites (tertiary alicyclic amines) is 1. The molecule has 0 aliphatic carbocycles. The molecule has 1 fully saturated rings. The lowest BCUT2D eigenvalue weighted by Gasteiger charge is -2.16. The Bertz CT molecular complexity index is 648. The number of hydrogen-bond acceptors (Lipinski definition) is 2. The number of carboxylic acid groups (broad SMARTS) is 1. The van der Waals surface area contributed by atoms with E-state index in [1.165, 1.54) is 17.7 Å². The van der Waals surface area contributed by atoms with Gasteiger partial charge in [0.25, 0.3) is 0 Å². The molecule has 1 heterocycles. The molecule has 2 aromatic rings. The quantitative estimate of drug-likeness (QED) is 0.929. The Labute approximate surface area is 141 Å². The zero-order valence-corrected chi connectivity index (χ0v) is 13.4. The van der Waals surface area contributed by atoms with E-state index in [9.17, 15) is 14.3 Å². The molecule has 1 aliphatic heterocycles. The first-order chi connectivity index (χ1) is 10.6. The molecular formula is C18H19ClFNO2. The average molecular weight is 336 g/mol. The molecule has 0 saturated carbocycles. The van der Waals surface area contributed by atoms with Gasteiger partial charge in [0.1, 0.15) is 5.82 Å². The van der Waals surface area contributed by atoms with Crippen LogP contribution in [0.1, 0.15) is 17.0 Å². The van der Waals surface area contributed by atoms with E-state index in [4.69, 9.17) is 0 Å². The van der Waals surface area contributed by atoms with Crippen LogP contribution in [0.2, 0.25) is 0 Å². The van der Waals surface area contributed by atoms with Crippen LogP contribution in [0.5, 0.6) is 0 Å². The van der Waals surface area contributed by atoms with Crippen molar-refractivity contribution >= 4 is 18.4 Å². The number of rotatable bonds is 4. The van der Waals surface area contributed by atoms with Crippen LogP contribution in [0.25, 0.3) is 0 Å². The average Bonchev–Trinajstić information content (AvgIpc) is 2.93. The van der Waals surface area contributed by atoms with E-state index in [1.807, 2.05) is 30.3 Å². The van der Waals surface area contributed by atoms with Gasteiger partial charge in [-0.3, -0.25) is 9.69 Å². The third-order valence-electron chi connectivity index (χ3n) is 4.26. The fraction of sp³-hybridized carbons (Fsp3) is 0.278. The molecule has 2 aromatic carbocycles. The normalized spacial score (nSPS) is 20.9. The van der Waals surface area contributed by atoms with Gasteiger partial charge in [-0.15, -0.1) is 12.4 Å². The monoisotopic (exact) mass is 335 g/mol. The minimum atomic E-state index is -0.787. The first kappa shape index (κ1) is 17.4. The van der Waals surface area contributed by atoms with Crippen molar-refractivity contribution in [2.75, 3.05) is 13.1 Å². The highest BCUT2D eigenvalue weighted by Crippen LogP contribution is 2.33. The van der Waals surface area contributed by atoms with E-state index in [1.54, 1.807) is 12.1 Å². The van der Waals surface area contributed by atoms with Gasteiger partial charge >= 0.3 is 5.97 Å². The number of benzene rings is 2. The number of carboxylic acids is 1. The second-order valence-corrected chi connectivity index (χ2v) is 5.78. The van der Waals surface area contributed by atoms with Crippen molar-refractivity contribution in [3.8, 4) is 0 Å². The molecule has 5 heteroatoms. The van der Waals surface area contributed by atoms with Crippen molar-refractivity contribution in [1.29, 1.82) is 0 Å². The SMILES string of the molecule is Cl.O=C(O)C1CN(Cc2ccccc2)CC1c1ccc(F)cc1. The first-order valence-corrected chi connectivity index (χ1v) is 7.38. The lowest BCUT2D eigenvalue weighted by Crippen LogP contribution is -2.23. The summed E-state index contributed by atoms with van der Waals surface area (Å²) in [7, 11) is 0. The minimum absolute atomic E-state index is 0. The smallest absolute Gasteiger partial charge is 0.308 e. The van der Waals surface area contributed by atoms with Crippen LogP contribution in [0, 0.1) is 11.7 Å². The molecule has 1 aliphatic rings. The summed E-state index contributed by atoms with van der Waals surface area (Å²) in [5.74, 6) is -1.63. The fourth-order valence-corrected chi connectivity index (χ4v) is 3.15. The summed E-state index contributed by atoms with van der Waals surface area (Å²) in [6.07, 6.45) is 0. The molecule has 1 N–H and O–H groups in total. The largest absolute Gasteiger partial charge is 0.481 e. The van der Waals surface area contributed by atoms with Crippen LogP contribution in [-0.2, 0) is 11.3 Å². The molecule has 0 aromatic heterocycles. The van der Waals surface area contributed by atoms with E-state index in [2.05, 4.69) is 4.90 Å². The predicted molar refractivity (Wildman–Crippen MR) is 89.2 cm³/mol. The van der Waals surface area contributed by atoms with E-state index >= 15 is 0 Å². The summed E-state index contributed by atoms with van der Waals surface area (Å²) in [6.45, 7) is 1.94. The van der Waals surface area contributed by atoms with E-state index in [0.29, 0.717) is 13.1 Å². The van der Waals surface area contributed by atoms with E-state index in [-0.39, 0.29) is 24.1 Å². The highest BCUT2D eigenvalue weighted by molar-refractivity contribution is 5.85. The topological polar surface area (TPSA) is 40.5 Å². The molecule has 2 atom stereocenters. The number of hydrogen-bond donors (Lipinski definition) is 1. The Morgan fingerprint density at radius 1 is 1.09 bits per heavy atom. The summed E-state index contributed by atoms with van der Waals surface area (Å²) < 4.78 is 13.1. The third-order valence-corrected chi connectivity index (χ3v) is 4.26. The van der Waals surface area contributed by atoms with Gasteiger partial charge in [0.05, 0.1) is 5.92 Å². The van der Waals surface area contributed by atoms with Crippen LogP contribution in [-0.4, -0.2) is 29.1 Å². The molecule has 122 valence electrons. The predicted octanol–water partition coefficient (Wildman–Crippen LogP) is 3.55. The molecule has 23 heavy (non-hydrogen) atoms. The lowest BCUT2D eigenvalue weighted by molar-refractivity contribution is -0.141. The Balaban J connectivity index is 0.00000192.